The topological polar surface area (TPSA) is 119 Å². The average molecular weight is 385 g/mol. The van der Waals surface area contributed by atoms with Gasteiger partial charge < -0.3 is 10.6 Å². The number of benzene rings is 2. The molecule has 8 heteroatoms. The molecule has 0 fully saturated rings. The molecule has 140 valence electrons. The van der Waals surface area contributed by atoms with Crippen molar-refractivity contribution in [3.05, 3.63) is 65.4 Å². The van der Waals surface area contributed by atoms with Crippen molar-refractivity contribution in [3.63, 3.8) is 0 Å². The van der Waals surface area contributed by atoms with Gasteiger partial charge in [0.05, 0.1) is 4.90 Å². The maximum atomic E-state index is 12.3. The van der Waals surface area contributed by atoms with Crippen LogP contribution in [-0.2, 0) is 21.3 Å². The molecule has 2 rings (SSSR count). The number of carbonyl (C=O) groups is 1. The fourth-order valence-electron chi connectivity index (χ4n) is 2.43. The molecule has 0 aliphatic heterocycles. The Morgan fingerprint density at radius 2 is 1.89 bits per heavy atom. The first-order valence-corrected chi connectivity index (χ1v) is 9.54. The average Bonchev–Trinajstić information content (AvgIpc) is 2.62. The molecule has 0 atom stereocenters. The summed E-state index contributed by atoms with van der Waals surface area (Å²) in [6.07, 6.45) is 2.13. The fraction of sp³-hybridized carbons (Fsp3) is 0.158. The molecular formula is C19H19N3O4S. The molecule has 0 aliphatic rings. The Morgan fingerprint density at radius 3 is 2.44 bits per heavy atom. The maximum Gasteiger partial charge on any atom is 0.294 e. The standard InChI is InChI=1S/C19H19N3O4S/c1-3-14-6-4-5-13(2)18(14)21-12-15(11-20)19(23)22-16-7-9-17(10-8-16)27(24,25)26/h4-10,12,21H,3H2,1-2H3,(H,22,23)(H,24,25,26)/b15-12-. The highest BCUT2D eigenvalue weighted by Crippen LogP contribution is 2.21. The second kappa shape index (κ2) is 8.49. The van der Waals surface area contributed by atoms with E-state index in [4.69, 9.17) is 4.55 Å². The van der Waals surface area contributed by atoms with Crippen LogP contribution in [0.3, 0.4) is 0 Å². The van der Waals surface area contributed by atoms with E-state index in [0.29, 0.717) is 5.69 Å². The lowest BCUT2D eigenvalue weighted by Gasteiger charge is -2.11. The van der Waals surface area contributed by atoms with Gasteiger partial charge in [0.2, 0.25) is 0 Å². The van der Waals surface area contributed by atoms with Crippen molar-refractivity contribution in [2.75, 3.05) is 10.6 Å². The summed E-state index contributed by atoms with van der Waals surface area (Å²) in [6.45, 7) is 3.94. The lowest BCUT2D eigenvalue weighted by atomic mass is 10.1. The SMILES string of the molecule is CCc1cccc(C)c1N/C=C(/C#N)C(=O)Nc1ccc(S(=O)(=O)O)cc1. The van der Waals surface area contributed by atoms with Crippen LogP contribution in [-0.4, -0.2) is 18.9 Å². The van der Waals surface area contributed by atoms with Crippen LogP contribution in [0.25, 0.3) is 0 Å². The van der Waals surface area contributed by atoms with Crippen molar-refractivity contribution in [2.45, 2.75) is 25.2 Å². The first-order chi connectivity index (χ1) is 12.8. The van der Waals surface area contributed by atoms with Crippen LogP contribution >= 0.6 is 0 Å². The molecule has 0 saturated heterocycles. The summed E-state index contributed by atoms with van der Waals surface area (Å²) >= 11 is 0. The Kier molecular flexibility index (Phi) is 6.34. The van der Waals surface area contributed by atoms with Gasteiger partial charge in [-0.3, -0.25) is 9.35 Å². The van der Waals surface area contributed by atoms with E-state index < -0.39 is 16.0 Å². The Balaban J connectivity index is 2.17. The number of nitrogens with one attached hydrogen (secondary N) is 2. The Hall–Kier alpha value is -3.15. The van der Waals surface area contributed by atoms with Crippen molar-refractivity contribution in [2.24, 2.45) is 0 Å². The highest BCUT2D eigenvalue weighted by Gasteiger charge is 2.12. The zero-order valence-corrected chi connectivity index (χ0v) is 15.7. The van der Waals surface area contributed by atoms with Crippen molar-refractivity contribution < 1.29 is 17.8 Å². The molecule has 0 spiro atoms. The minimum Gasteiger partial charge on any atom is -0.360 e. The van der Waals surface area contributed by atoms with Crippen molar-refractivity contribution in [3.8, 4) is 6.07 Å². The van der Waals surface area contributed by atoms with Crippen LogP contribution in [0.2, 0.25) is 0 Å². The molecule has 0 radical (unpaired) electrons. The number of para-hydroxylation sites is 1. The van der Waals surface area contributed by atoms with Crippen LogP contribution in [0.1, 0.15) is 18.1 Å². The minimum atomic E-state index is -4.31. The number of anilines is 2. The normalized spacial score (nSPS) is 11.6. The van der Waals surface area contributed by atoms with Gasteiger partial charge in [-0.2, -0.15) is 13.7 Å². The second-order valence-electron chi connectivity index (χ2n) is 5.73. The molecule has 0 saturated carbocycles. The predicted octanol–water partition coefficient (Wildman–Crippen LogP) is 3.26. The fourth-order valence-corrected chi connectivity index (χ4v) is 2.91. The van der Waals surface area contributed by atoms with Gasteiger partial charge in [-0.05, 0) is 48.7 Å². The van der Waals surface area contributed by atoms with E-state index in [2.05, 4.69) is 10.6 Å². The number of aryl methyl sites for hydroxylation is 2. The van der Waals surface area contributed by atoms with E-state index >= 15 is 0 Å². The highest BCUT2D eigenvalue weighted by molar-refractivity contribution is 7.85. The van der Waals surface area contributed by atoms with Crippen molar-refractivity contribution >= 4 is 27.4 Å². The van der Waals surface area contributed by atoms with Crippen LogP contribution < -0.4 is 10.6 Å². The number of hydrogen-bond donors (Lipinski definition) is 3. The summed E-state index contributed by atoms with van der Waals surface area (Å²) in [5, 5.41) is 14.8. The molecule has 0 aromatic heterocycles. The molecule has 0 heterocycles. The molecule has 2 aromatic rings. The monoisotopic (exact) mass is 385 g/mol. The number of carbonyl (C=O) groups excluding carboxylic acids is 1. The summed E-state index contributed by atoms with van der Waals surface area (Å²) < 4.78 is 31.0. The Morgan fingerprint density at radius 1 is 1.22 bits per heavy atom. The van der Waals surface area contributed by atoms with Crippen LogP contribution in [0.15, 0.2) is 59.1 Å². The number of nitrogens with zero attached hydrogens (tertiary/aromatic N) is 1. The molecule has 1 amide bonds. The van der Waals surface area contributed by atoms with Crippen molar-refractivity contribution in [1.82, 2.24) is 0 Å². The molecule has 0 aliphatic carbocycles. The molecular weight excluding hydrogens is 366 g/mol. The summed E-state index contributed by atoms with van der Waals surface area (Å²) in [4.78, 5) is 12.0. The predicted molar refractivity (Wildman–Crippen MR) is 103 cm³/mol. The zero-order chi connectivity index (χ0) is 20.0. The smallest absolute Gasteiger partial charge is 0.294 e. The van der Waals surface area contributed by atoms with E-state index in [1.54, 1.807) is 0 Å². The summed E-state index contributed by atoms with van der Waals surface area (Å²) in [7, 11) is -4.31. The summed E-state index contributed by atoms with van der Waals surface area (Å²) in [6, 6.07) is 12.6. The van der Waals surface area contributed by atoms with Crippen LogP contribution in [0.4, 0.5) is 11.4 Å². The first kappa shape index (κ1) is 20.2. The lowest BCUT2D eigenvalue weighted by molar-refractivity contribution is -0.112. The van der Waals surface area contributed by atoms with Crippen LogP contribution in [0, 0.1) is 18.3 Å². The van der Waals surface area contributed by atoms with Gasteiger partial charge in [0.15, 0.2) is 0 Å². The van der Waals surface area contributed by atoms with E-state index in [1.807, 2.05) is 38.1 Å². The quantitative estimate of drug-likeness (QED) is 0.399. The zero-order valence-electron chi connectivity index (χ0n) is 14.9. The number of rotatable bonds is 6. The molecule has 2 aromatic carbocycles. The van der Waals surface area contributed by atoms with E-state index in [1.165, 1.54) is 18.3 Å². The van der Waals surface area contributed by atoms with Gasteiger partial charge in [0.25, 0.3) is 16.0 Å². The number of nitriles is 1. The van der Waals surface area contributed by atoms with E-state index in [-0.39, 0.29) is 10.5 Å². The maximum absolute atomic E-state index is 12.3. The second-order valence-corrected chi connectivity index (χ2v) is 7.15. The Bertz CT molecular complexity index is 1020. The third-order valence-electron chi connectivity index (χ3n) is 3.88. The van der Waals surface area contributed by atoms with Gasteiger partial charge in [-0.1, -0.05) is 25.1 Å². The van der Waals surface area contributed by atoms with Gasteiger partial charge in [0.1, 0.15) is 11.6 Å². The third kappa shape index (κ3) is 5.17. The Labute approximate surface area is 158 Å². The van der Waals surface area contributed by atoms with Gasteiger partial charge >= 0.3 is 0 Å². The van der Waals surface area contributed by atoms with Gasteiger partial charge in [0, 0.05) is 17.6 Å². The molecule has 0 bridgehead atoms. The minimum absolute atomic E-state index is 0.140. The molecule has 0 unspecified atom stereocenters. The number of hydrogen-bond acceptors (Lipinski definition) is 5. The van der Waals surface area contributed by atoms with E-state index in [0.717, 1.165) is 35.4 Å². The molecule has 27 heavy (non-hydrogen) atoms. The highest BCUT2D eigenvalue weighted by atomic mass is 32.2. The molecule has 3 N–H and O–H groups in total. The largest absolute Gasteiger partial charge is 0.360 e. The van der Waals surface area contributed by atoms with Crippen molar-refractivity contribution in [1.29, 1.82) is 5.26 Å². The number of amides is 1. The third-order valence-corrected chi connectivity index (χ3v) is 4.74. The summed E-state index contributed by atoms with van der Waals surface area (Å²) in [5.41, 5.74) is 3.05. The molecule has 7 nitrogen and oxygen atoms in total. The van der Waals surface area contributed by atoms with Crippen LogP contribution in [0.5, 0.6) is 0 Å². The van der Waals surface area contributed by atoms with Gasteiger partial charge in [-0.15, -0.1) is 0 Å². The summed E-state index contributed by atoms with van der Waals surface area (Å²) in [5.74, 6) is -0.642. The lowest BCUT2D eigenvalue weighted by Crippen LogP contribution is -2.15. The first-order valence-electron chi connectivity index (χ1n) is 8.10. The van der Waals surface area contributed by atoms with E-state index in [9.17, 15) is 18.5 Å². The van der Waals surface area contributed by atoms with Gasteiger partial charge in [-0.25, -0.2) is 0 Å².